The van der Waals surface area contributed by atoms with E-state index in [0.717, 1.165) is 59.0 Å². The first-order chi connectivity index (χ1) is 20.5. The van der Waals surface area contributed by atoms with Gasteiger partial charge in [0, 0.05) is 29.2 Å². The minimum absolute atomic E-state index is 0.0990. The van der Waals surface area contributed by atoms with Crippen LogP contribution in [-0.4, -0.2) is 29.8 Å². The summed E-state index contributed by atoms with van der Waals surface area (Å²) in [5.41, 5.74) is 8.56. The molecule has 0 unspecified atom stereocenters. The van der Waals surface area contributed by atoms with Crippen molar-refractivity contribution < 1.29 is 9.59 Å². The van der Waals surface area contributed by atoms with Gasteiger partial charge in [-0.3, -0.25) is 14.5 Å². The maximum Gasteiger partial charge on any atom is 0.258 e. The Kier molecular flexibility index (Phi) is 8.15. The third-order valence-electron chi connectivity index (χ3n) is 8.05. The van der Waals surface area contributed by atoms with Gasteiger partial charge in [-0.05, 0) is 85.4 Å². The van der Waals surface area contributed by atoms with Crippen LogP contribution >= 0.6 is 0 Å². The van der Waals surface area contributed by atoms with Crippen molar-refractivity contribution >= 4 is 40.1 Å². The predicted octanol–water partition coefficient (Wildman–Crippen LogP) is 7.09. The van der Waals surface area contributed by atoms with Crippen molar-refractivity contribution in [3.8, 4) is 0 Å². The second-order valence-electron chi connectivity index (χ2n) is 11.1. The summed E-state index contributed by atoms with van der Waals surface area (Å²) in [5.74, 6) is -0.278. The van der Waals surface area contributed by atoms with E-state index in [0.29, 0.717) is 11.3 Å². The molecular formula is C36H36N4O2. The first-order valence-corrected chi connectivity index (χ1v) is 14.7. The van der Waals surface area contributed by atoms with Gasteiger partial charge in [-0.2, -0.15) is 0 Å². The third kappa shape index (κ3) is 6.29. The van der Waals surface area contributed by atoms with Gasteiger partial charge >= 0.3 is 0 Å². The van der Waals surface area contributed by atoms with Crippen molar-refractivity contribution in [2.75, 3.05) is 29.0 Å². The van der Waals surface area contributed by atoms with E-state index in [1.54, 1.807) is 0 Å². The largest absolute Gasteiger partial charge is 0.354 e. The summed E-state index contributed by atoms with van der Waals surface area (Å²) < 4.78 is 0. The maximum atomic E-state index is 13.4. The van der Waals surface area contributed by atoms with Gasteiger partial charge in [-0.15, -0.1) is 0 Å². The van der Waals surface area contributed by atoms with Crippen LogP contribution in [0.15, 0.2) is 97.1 Å². The number of hydrogen-bond acceptors (Lipinski definition) is 4. The van der Waals surface area contributed by atoms with Crippen molar-refractivity contribution in [3.63, 3.8) is 0 Å². The van der Waals surface area contributed by atoms with Gasteiger partial charge in [-0.1, -0.05) is 73.2 Å². The summed E-state index contributed by atoms with van der Waals surface area (Å²) >= 11 is 0. The molecule has 6 nitrogen and oxygen atoms in total. The number of anilines is 3. The molecular weight excluding hydrogens is 520 g/mol. The minimum atomic E-state index is -0.179. The van der Waals surface area contributed by atoms with E-state index in [-0.39, 0.29) is 18.2 Å². The van der Waals surface area contributed by atoms with Crippen LogP contribution in [-0.2, 0) is 22.6 Å². The van der Waals surface area contributed by atoms with E-state index < -0.39 is 0 Å². The minimum Gasteiger partial charge on any atom is -0.354 e. The molecule has 2 heterocycles. The van der Waals surface area contributed by atoms with Gasteiger partial charge < -0.3 is 16.0 Å². The molecule has 0 aromatic heterocycles. The van der Waals surface area contributed by atoms with Gasteiger partial charge in [0.1, 0.15) is 0 Å². The van der Waals surface area contributed by atoms with Crippen LogP contribution in [0, 0.1) is 6.92 Å². The molecule has 2 aliphatic rings. The lowest BCUT2D eigenvalue weighted by atomic mass is 9.99. The Hall–Kier alpha value is -4.68. The molecule has 0 radical (unpaired) electrons. The van der Waals surface area contributed by atoms with Crippen LogP contribution in [0.4, 0.5) is 17.1 Å². The van der Waals surface area contributed by atoms with Crippen molar-refractivity contribution in [1.82, 2.24) is 4.90 Å². The lowest BCUT2D eigenvalue weighted by Gasteiger charge is -2.26. The second-order valence-corrected chi connectivity index (χ2v) is 11.1. The number of fused-ring (bicyclic) bond motifs is 1. The third-order valence-corrected chi connectivity index (χ3v) is 8.05. The Morgan fingerprint density at radius 2 is 1.52 bits per heavy atom. The molecule has 2 amide bonds. The summed E-state index contributed by atoms with van der Waals surface area (Å²) in [7, 11) is 0. The van der Waals surface area contributed by atoms with Crippen LogP contribution in [0.5, 0.6) is 0 Å². The Morgan fingerprint density at radius 1 is 0.810 bits per heavy atom. The first kappa shape index (κ1) is 27.5. The number of carbonyl (C=O) groups is 2. The number of rotatable bonds is 8. The number of amides is 2. The van der Waals surface area contributed by atoms with Gasteiger partial charge in [0.2, 0.25) is 5.91 Å². The van der Waals surface area contributed by atoms with E-state index >= 15 is 0 Å². The van der Waals surface area contributed by atoms with Gasteiger partial charge in [0.25, 0.3) is 5.91 Å². The van der Waals surface area contributed by atoms with E-state index in [1.165, 1.54) is 24.8 Å². The van der Waals surface area contributed by atoms with Crippen LogP contribution in [0.25, 0.3) is 11.3 Å². The Morgan fingerprint density at radius 3 is 2.29 bits per heavy atom. The number of hydrogen-bond donors (Lipinski definition) is 3. The molecule has 3 N–H and O–H groups in total. The van der Waals surface area contributed by atoms with Crippen molar-refractivity contribution in [1.29, 1.82) is 0 Å². The van der Waals surface area contributed by atoms with E-state index in [9.17, 15) is 9.59 Å². The van der Waals surface area contributed by atoms with E-state index in [2.05, 4.69) is 45.1 Å². The zero-order chi connectivity index (χ0) is 28.9. The average Bonchev–Trinajstić information content (AvgIpc) is 3.33. The predicted molar refractivity (Wildman–Crippen MR) is 171 cm³/mol. The molecule has 4 aromatic carbocycles. The van der Waals surface area contributed by atoms with Crippen LogP contribution in [0.3, 0.4) is 0 Å². The normalized spacial score (nSPS) is 16.0. The monoisotopic (exact) mass is 556 g/mol. The van der Waals surface area contributed by atoms with E-state index in [1.807, 2.05) is 79.7 Å². The quantitative estimate of drug-likeness (QED) is 0.203. The number of carbonyl (C=O) groups excluding carboxylic acids is 2. The van der Waals surface area contributed by atoms with Gasteiger partial charge in [0.05, 0.1) is 17.7 Å². The fraction of sp³-hybridized carbons (Fsp3) is 0.222. The lowest BCUT2D eigenvalue weighted by molar-refractivity contribution is -0.115. The number of nitrogens with one attached hydrogen (secondary N) is 3. The topological polar surface area (TPSA) is 73.5 Å². The molecule has 4 aromatic rings. The van der Waals surface area contributed by atoms with Crippen LogP contribution in [0.2, 0.25) is 0 Å². The molecule has 0 spiro atoms. The molecule has 1 saturated heterocycles. The van der Waals surface area contributed by atoms with Crippen LogP contribution in [0.1, 0.15) is 47.1 Å². The molecule has 2 aliphatic heterocycles. The van der Waals surface area contributed by atoms with E-state index in [4.69, 9.17) is 0 Å². The molecule has 42 heavy (non-hydrogen) atoms. The highest BCUT2D eigenvalue weighted by Crippen LogP contribution is 2.39. The Balaban J connectivity index is 1.28. The number of likely N-dealkylation sites (tertiary alicyclic amines) is 1. The summed E-state index contributed by atoms with van der Waals surface area (Å²) in [4.78, 5) is 28.8. The SMILES string of the molecule is Cc1ccccc1CC(=O)Nc1ccc2c(c1)C(=C(Nc1ccc(CN3CCCCC3)cc1)c1ccccc1)C(=O)N2. The molecule has 6 rings (SSSR count). The van der Waals surface area contributed by atoms with Crippen molar-refractivity contribution in [2.45, 2.75) is 39.2 Å². The maximum absolute atomic E-state index is 13.4. The smallest absolute Gasteiger partial charge is 0.258 e. The number of nitrogens with zero attached hydrogens (tertiary/aromatic N) is 1. The number of piperidine rings is 1. The summed E-state index contributed by atoms with van der Waals surface area (Å²) in [6.45, 7) is 5.29. The first-order valence-electron chi connectivity index (χ1n) is 14.7. The van der Waals surface area contributed by atoms with Crippen LogP contribution < -0.4 is 16.0 Å². The van der Waals surface area contributed by atoms with Crippen molar-refractivity contribution in [2.24, 2.45) is 0 Å². The highest BCUT2D eigenvalue weighted by atomic mass is 16.2. The second kappa shape index (κ2) is 12.5. The van der Waals surface area contributed by atoms with Crippen molar-refractivity contribution in [3.05, 3.63) is 125 Å². The van der Waals surface area contributed by atoms with Gasteiger partial charge in [0.15, 0.2) is 0 Å². The molecule has 212 valence electrons. The number of aryl methyl sites for hydroxylation is 1. The summed E-state index contributed by atoms with van der Waals surface area (Å²) in [6.07, 6.45) is 4.16. The number of benzene rings is 4. The fourth-order valence-electron chi connectivity index (χ4n) is 5.78. The molecule has 6 heteroatoms. The Labute approximate surface area is 247 Å². The molecule has 0 atom stereocenters. The average molecular weight is 557 g/mol. The highest BCUT2D eigenvalue weighted by molar-refractivity contribution is 6.37. The highest BCUT2D eigenvalue weighted by Gasteiger charge is 2.29. The summed E-state index contributed by atoms with van der Waals surface area (Å²) in [5, 5.41) is 9.59. The summed E-state index contributed by atoms with van der Waals surface area (Å²) in [6, 6.07) is 31.8. The molecule has 0 saturated carbocycles. The van der Waals surface area contributed by atoms with Gasteiger partial charge in [-0.25, -0.2) is 0 Å². The molecule has 0 aliphatic carbocycles. The molecule has 0 bridgehead atoms. The standard InChI is InChI=1S/C36H36N4O2/c1-25-10-6-7-13-28(25)22-33(41)37-30-18-19-32-31(23-30)34(36(42)39-32)35(27-11-4-2-5-12-27)38-29-16-14-26(15-17-29)24-40-20-8-3-9-21-40/h2,4-7,10-19,23,38H,3,8-9,20-22,24H2,1H3,(H,37,41)(H,39,42). The fourth-order valence-corrected chi connectivity index (χ4v) is 5.78. The zero-order valence-electron chi connectivity index (χ0n) is 24.0. The Bertz CT molecular complexity index is 1620. The zero-order valence-corrected chi connectivity index (χ0v) is 24.0. The molecule has 1 fully saturated rings. The lowest BCUT2D eigenvalue weighted by Crippen LogP contribution is -2.29.